The van der Waals surface area contributed by atoms with Gasteiger partial charge in [0.25, 0.3) is 5.91 Å². The first-order valence-corrected chi connectivity index (χ1v) is 18.1. The van der Waals surface area contributed by atoms with E-state index >= 15 is 0 Å². The van der Waals surface area contributed by atoms with Crippen molar-refractivity contribution in [3.05, 3.63) is 42.2 Å². The molecule has 4 fully saturated rings. The number of rotatable bonds is 8. The monoisotopic (exact) mass is 670 g/mol. The van der Waals surface area contributed by atoms with Crippen LogP contribution in [0.5, 0.6) is 0 Å². The molecule has 3 N–H and O–H groups in total. The SMILES string of the molecule is O=C(N[C@H]1CCCCC/C=C\[C@@H]2C[C@]2(C(=O)NS(=O)(=O)C2CC2)NC(=O)[C@@H]2C[C@@H](O/N=C/c3ccncc3)CN2C1=O)OC1CCC1. The molecule has 3 heterocycles. The Morgan fingerprint density at radius 2 is 1.83 bits per heavy atom. The molecular formula is C32H42N6O8S. The average molecular weight is 671 g/mol. The summed E-state index contributed by atoms with van der Waals surface area (Å²) in [4.78, 5) is 65.5. The molecule has 0 spiro atoms. The number of hydrogen-bond acceptors (Lipinski definition) is 10. The molecule has 0 unspecified atom stereocenters. The number of fused-ring (bicyclic) bond motifs is 2. The smallest absolute Gasteiger partial charge is 0.408 e. The van der Waals surface area contributed by atoms with Crippen LogP contribution in [0.1, 0.15) is 82.6 Å². The van der Waals surface area contributed by atoms with E-state index in [1.54, 1.807) is 24.5 Å². The minimum atomic E-state index is -3.86. The molecule has 5 atom stereocenters. The molecular weight excluding hydrogens is 628 g/mol. The summed E-state index contributed by atoms with van der Waals surface area (Å²) in [5.41, 5.74) is -0.717. The first-order valence-electron chi connectivity index (χ1n) is 16.6. The Labute approximate surface area is 274 Å². The predicted octanol–water partition coefficient (Wildman–Crippen LogP) is 2.05. The van der Waals surface area contributed by atoms with E-state index in [0.29, 0.717) is 32.1 Å². The van der Waals surface area contributed by atoms with Crippen LogP contribution in [-0.2, 0) is 34.0 Å². The number of amides is 4. The van der Waals surface area contributed by atoms with Crippen LogP contribution in [0.3, 0.4) is 0 Å². The van der Waals surface area contributed by atoms with Crippen LogP contribution in [0, 0.1) is 5.92 Å². The summed E-state index contributed by atoms with van der Waals surface area (Å²) in [5.74, 6) is -2.25. The van der Waals surface area contributed by atoms with Crippen molar-refractivity contribution in [1.82, 2.24) is 25.2 Å². The largest absolute Gasteiger partial charge is 0.446 e. The van der Waals surface area contributed by atoms with Gasteiger partial charge in [0.1, 0.15) is 29.8 Å². The van der Waals surface area contributed by atoms with Crippen LogP contribution >= 0.6 is 0 Å². The molecule has 1 aromatic rings. The zero-order valence-electron chi connectivity index (χ0n) is 26.2. The van der Waals surface area contributed by atoms with Crippen molar-refractivity contribution < 1.29 is 37.2 Å². The first-order chi connectivity index (χ1) is 22.6. The van der Waals surface area contributed by atoms with Crippen molar-refractivity contribution in [3.8, 4) is 0 Å². The van der Waals surface area contributed by atoms with Gasteiger partial charge in [-0.2, -0.15) is 0 Å². The summed E-state index contributed by atoms with van der Waals surface area (Å²) >= 11 is 0. The molecule has 3 aliphatic carbocycles. The van der Waals surface area contributed by atoms with Gasteiger partial charge in [0.15, 0.2) is 0 Å². The van der Waals surface area contributed by atoms with Gasteiger partial charge in [-0.3, -0.25) is 24.1 Å². The molecule has 6 rings (SSSR count). The number of pyridine rings is 1. The Morgan fingerprint density at radius 1 is 1.04 bits per heavy atom. The predicted molar refractivity (Wildman–Crippen MR) is 169 cm³/mol. The zero-order chi connectivity index (χ0) is 33.0. The van der Waals surface area contributed by atoms with Gasteiger partial charge in [0, 0.05) is 24.7 Å². The van der Waals surface area contributed by atoms with E-state index in [0.717, 1.165) is 37.7 Å². The van der Waals surface area contributed by atoms with Crippen LogP contribution in [0.2, 0.25) is 0 Å². The number of ether oxygens (including phenoxy) is 1. The van der Waals surface area contributed by atoms with E-state index in [4.69, 9.17) is 9.57 Å². The van der Waals surface area contributed by atoms with Gasteiger partial charge in [0.05, 0.1) is 18.0 Å². The molecule has 3 saturated carbocycles. The summed E-state index contributed by atoms with van der Waals surface area (Å²) in [6, 6.07) is 1.49. The van der Waals surface area contributed by atoms with Crippen molar-refractivity contribution in [2.24, 2.45) is 11.1 Å². The van der Waals surface area contributed by atoms with Crippen molar-refractivity contribution in [2.45, 2.75) is 112 Å². The number of alkyl carbamates (subject to hydrolysis) is 1. The summed E-state index contributed by atoms with van der Waals surface area (Å²) < 4.78 is 33.0. The van der Waals surface area contributed by atoms with Crippen molar-refractivity contribution in [2.75, 3.05) is 6.54 Å². The second-order valence-electron chi connectivity index (χ2n) is 13.2. The first kappa shape index (κ1) is 32.9. The summed E-state index contributed by atoms with van der Waals surface area (Å²) in [5, 5.41) is 9.05. The van der Waals surface area contributed by atoms with E-state index < -0.39 is 68.7 Å². The van der Waals surface area contributed by atoms with Crippen molar-refractivity contribution in [3.63, 3.8) is 0 Å². The lowest BCUT2D eigenvalue weighted by molar-refractivity contribution is -0.141. The summed E-state index contributed by atoms with van der Waals surface area (Å²) in [7, 11) is -3.86. The minimum Gasteiger partial charge on any atom is -0.446 e. The molecule has 254 valence electrons. The molecule has 0 radical (unpaired) electrons. The Morgan fingerprint density at radius 3 is 2.55 bits per heavy atom. The third-order valence-corrected chi connectivity index (χ3v) is 11.4. The lowest BCUT2D eigenvalue weighted by atomic mass is 9.96. The van der Waals surface area contributed by atoms with Crippen molar-refractivity contribution in [1.29, 1.82) is 0 Å². The second kappa shape index (κ2) is 14.0. The van der Waals surface area contributed by atoms with E-state index in [2.05, 4.69) is 25.5 Å². The van der Waals surface area contributed by atoms with Gasteiger partial charge in [-0.15, -0.1) is 0 Å². The fourth-order valence-electron chi connectivity index (χ4n) is 6.28. The summed E-state index contributed by atoms with van der Waals surface area (Å²) in [6.07, 6.45) is 14.2. The maximum absolute atomic E-state index is 14.1. The lowest BCUT2D eigenvalue weighted by Gasteiger charge is -2.30. The third-order valence-electron chi connectivity index (χ3n) is 9.58. The Kier molecular flexibility index (Phi) is 9.80. The normalized spacial score (nSPS) is 30.9. The quantitative estimate of drug-likeness (QED) is 0.212. The molecule has 2 aliphatic heterocycles. The molecule has 14 nitrogen and oxygen atoms in total. The molecule has 0 bridgehead atoms. The highest BCUT2D eigenvalue weighted by Crippen LogP contribution is 2.46. The van der Waals surface area contributed by atoms with Gasteiger partial charge < -0.3 is 25.1 Å². The number of allylic oxidation sites excluding steroid dienone is 1. The Hall–Kier alpha value is -4.01. The number of nitrogens with zero attached hydrogens (tertiary/aromatic N) is 3. The maximum Gasteiger partial charge on any atom is 0.408 e. The number of oxime groups is 1. The van der Waals surface area contributed by atoms with E-state index in [1.165, 1.54) is 11.1 Å². The lowest BCUT2D eigenvalue weighted by Crippen LogP contribution is -2.58. The Bertz CT molecular complexity index is 1510. The van der Waals surface area contributed by atoms with E-state index in [-0.39, 0.29) is 25.5 Å². The molecule has 1 aromatic heterocycles. The highest BCUT2D eigenvalue weighted by molar-refractivity contribution is 7.91. The van der Waals surface area contributed by atoms with Crippen LogP contribution in [0.4, 0.5) is 4.79 Å². The highest BCUT2D eigenvalue weighted by atomic mass is 32.2. The number of carbonyl (C=O) groups is 4. The average Bonchev–Trinajstić information content (AvgIpc) is 3.95. The zero-order valence-corrected chi connectivity index (χ0v) is 27.0. The van der Waals surface area contributed by atoms with Gasteiger partial charge in [-0.1, -0.05) is 30.1 Å². The molecule has 15 heteroatoms. The number of carbonyl (C=O) groups excluding carboxylic acids is 4. The molecule has 4 amide bonds. The highest BCUT2D eigenvalue weighted by Gasteiger charge is 2.62. The van der Waals surface area contributed by atoms with Gasteiger partial charge in [-0.25, -0.2) is 13.2 Å². The van der Waals surface area contributed by atoms with Crippen LogP contribution in [0.15, 0.2) is 41.8 Å². The fourth-order valence-corrected chi connectivity index (χ4v) is 7.65. The topological polar surface area (TPSA) is 185 Å². The fraction of sp³-hybridized carbons (Fsp3) is 0.625. The van der Waals surface area contributed by atoms with E-state index in [1.807, 2.05) is 12.2 Å². The number of nitrogens with one attached hydrogen (secondary N) is 3. The second-order valence-corrected chi connectivity index (χ2v) is 15.1. The van der Waals surface area contributed by atoms with Gasteiger partial charge >= 0.3 is 6.09 Å². The molecule has 0 aromatic carbocycles. The number of sulfonamides is 1. The Balaban J connectivity index is 1.24. The number of aromatic nitrogens is 1. The van der Waals surface area contributed by atoms with Gasteiger partial charge in [-0.05, 0) is 75.5 Å². The molecule has 47 heavy (non-hydrogen) atoms. The van der Waals surface area contributed by atoms with Crippen LogP contribution < -0.4 is 15.4 Å². The van der Waals surface area contributed by atoms with Crippen LogP contribution in [-0.4, -0.2) is 90.0 Å². The molecule has 5 aliphatic rings. The summed E-state index contributed by atoms with van der Waals surface area (Å²) in [6.45, 7) is 0.0129. The van der Waals surface area contributed by atoms with E-state index in [9.17, 15) is 27.6 Å². The third kappa shape index (κ3) is 7.94. The molecule has 1 saturated heterocycles. The van der Waals surface area contributed by atoms with Crippen LogP contribution in [0.25, 0.3) is 0 Å². The minimum absolute atomic E-state index is 0.0129. The van der Waals surface area contributed by atoms with Gasteiger partial charge in [0.2, 0.25) is 21.8 Å². The van der Waals surface area contributed by atoms with Crippen molar-refractivity contribution >= 4 is 40.1 Å². The standard InChI is InChI=1S/C32H42N6O8S/c39-28-27-17-24(46-34-19-21-13-15-33-16-14-21)20-38(27)29(40)26(35-31(42)45-23-8-6-9-23)10-5-3-1-2-4-7-22-18-32(22,36-28)30(41)37-47(43,44)25-11-12-25/h4,7,13-16,19,22-27H,1-3,5-6,8-12,17-18,20H2,(H,35,42)(H,36,39)(H,37,41)/b7-4-,34-19+/t22-,24-,26+,27+,32+/m1/s1. The number of hydrogen-bond donors (Lipinski definition) is 3. The maximum atomic E-state index is 14.1.